The minimum absolute atomic E-state index is 0.0318. The maximum Gasteiger partial charge on any atom is 0.251 e. The van der Waals surface area contributed by atoms with Gasteiger partial charge >= 0.3 is 0 Å². The van der Waals surface area contributed by atoms with Crippen LogP contribution in [0.25, 0.3) is 0 Å². The van der Waals surface area contributed by atoms with Gasteiger partial charge in [-0.3, -0.25) is 0 Å². The lowest BCUT2D eigenvalue weighted by Gasteiger charge is -2.12. The van der Waals surface area contributed by atoms with E-state index in [-0.39, 0.29) is 29.4 Å². The fourth-order valence-electron chi connectivity index (χ4n) is 0.910. The van der Waals surface area contributed by atoms with Crippen molar-refractivity contribution in [2.45, 2.75) is 26.4 Å². The van der Waals surface area contributed by atoms with E-state index in [0.29, 0.717) is 0 Å². The van der Waals surface area contributed by atoms with Gasteiger partial charge in [-0.1, -0.05) is 6.92 Å². The third-order valence-electron chi connectivity index (χ3n) is 1.88. The Morgan fingerprint density at radius 2 is 2.13 bits per heavy atom. The van der Waals surface area contributed by atoms with Gasteiger partial charge < -0.3 is 16.2 Å². The maximum atomic E-state index is 10.5. The van der Waals surface area contributed by atoms with Crippen molar-refractivity contribution in [2.75, 3.05) is 11.5 Å². The Morgan fingerprint density at radius 3 is 2.67 bits per heavy atom. The summed E-state index contributed by atoms with van der Waals surface area (Å²) < 4.78 is 5.34. The second kappa shape index (κ2) is 4.54. The molecule has 0 fully saturated rings. The number of anilines is 2. The molecule has 82 valence electrons. The molecule has 0 saturated heterocycles. The molecule has 7 heteroatoms. The summed E-state index contributed by atoms with van der Waals surface area (Å²) in [6, 6.07) is 0. The Balaban J connectivity index is 3.09. The van der Waals surface area contributed by atoms with Gasteiger partial charge in [0.15, 0.2) is 5.82 Å². The van der Waals surface area contributed by atoms with Crippen LogP contribution in [0.15, 0.2) is 5.18 Å². The van der Waals surface area contributed by atoms with Crippen molar-refractivity contribution < 1.29 is 4.74 Å². The van der Waals surface area contributed by atoms with Gasteiger partial charge in [0.1, 0.15) is 0 Å². The van der Waals surface area contributed by atoms with Crippen molar-refractivity contribution in [1.29, 1.82) is 0 Å². The summed E-state index contributed by atoms with van der Waals surface area (Å²) in [4.78, 5) is 17.9. The van der Waals surface area contributed by atoms with E-state index >= 15 is 0 Å². The molecule has 0 aliphatic carbocycles. The minimum Gasteiger partial charge on any atom is -0.473 e. The number of nitrogens with zero attached hydrogens (tertiary/aromatic N) is 3. The zero-order valence-electron chi connectivity index (χ0n) is 8.60. The fraction of sp³-hybridized carbons (Fsp3) is 0.500. The predicted octanol–water partition coefficient (Wildman–Crippen LogP) is 1.22. The van der Waals surface area contributed by atoms with Crippen molar-refractivity contribution in [2.24, 2.45) is 5.18 Å². The summed E-state index contributed by atoms with van der Waals surface area (Å²) in [5.41, 5.74) is 10.7. The van der Waals surface area contributed by atoms with Crippen LogP contribution < -0.4 is 16.2 Å². The van der Waals surface area contributed by atoms with Crippen LogP contribution in [0.5, 0.6) is 5.88 Å². The Hall–Kier alpha value is -1.92. The first kappa shape index (κ1) is 11.2. The smallest absolute Gasteiger partial charge is 0.251 e. The maximum absolute atomic E-state index is 10.5. The lowest BCUT2D eigenvalue weighted by Crippen LogP contribution is -2.12. The van der Waals surface area contributed by atoms with E-state index in [1.54, 1.807) is 0 Å². The van der Waals surface area contributed by atoms with Crippen LogP contribution in [0.3, 0.4) is 0 Å². The molecule has 0 spiro atoms. The van der Waals surface area contributed by atoms with E-state index in [2.05, 4.69) is 15.1 Å². The Bertz CT molecular complexity index is 368. The number of nitrogens with two attached hydrogens (primary N) is 2. The molecule has 1 heterocycles. The molecule has 0 amide bonds. The van der Waals surface area contributed by atoms with Gasteiger partial charge in [0, 0.05) is 0 Å². The Morgan fingerprint density at radius 1 is 1.47 bits per heavy atom. The van der Waals surface area contributed by atoms with E-state index in [1.165, 1.54) is 0 Å². The van der Waals surface area contributed by atoms with Crippen molar-refractivity contribution in [3.05, 3.63) is 4.91 Å². The van der Waals surface area contributed by atoms with Crippen LogP contribution in [0, 0.1) is 4.91 Å². The first-order chi connectivity index (χ1) is 7.08. The molecular weight excluding hydrogens is 198 g/mol. The number of ether oxygens (including phenoxy) is 1. The first-order valence-corrected chi connectivity index (χ1v) is 4.51. The third kappa shape index (κ3) is 2.52. The summed E-state index contributed by atoms with van der Waals surface area (Å²) in [6.07, 6.45) is 0.668. The monoisotopic (exact) mass is 211 g/mol. The largest absolute Gasteiger partial charge is 0.473 e. The van der Waals surface area contributed by atoms with Crippen molar-refractivity contribution in [3.8, 4) is 5.88 Å². The van der Waals surface area contributed by atoms with Gasteiger partial charge in [-0.15, -0.1) is 4.91 Å². The summed E-state index contributed by atoms with van der Waals surface area (Å²) in [7, 11) is 0. The second-order valence-corrected chi connectivity index (χ2v) is 3.05. The van der Waals surface area contributed by atoms with Gasteiger partial charge in [0.25, 0.3) is 5.88 Å². The molecule has 4 N–H and O–H groups in total. The number of rotatable bonds is 4. The van der Waals surface area contributed by atoms with E-state index in [1.807, 2.05) is 13.8 Å². The van der Waals surface area contributed by atoms with E-state index < -0.39 is 0 Å². The van der Waals surface area contributed by atoms with Crippen LogP contribution in [0.2, 0.25) is 0 Å². The van der Waals surface area contributed by atoms with Crippen LogP contribution in [-0.2, 0) is 0 Å². The van der Waals surface area contributed by atoms with Crippen LogP contribution >= 0.6 is 0 Å². The number of nitroso groups, excluding NO2 is 1. The van der Waals surface area contributed by atoms with E-state index in [0.717, 1.165) is 6.42 Å². The highest BCUT2D eigenvalue weighted by atomic mass is 16.5. The summed E-state index contributed by atoms with van der Waals surface area (Å²) in [5.74, 6) is -0.0849. The zero-order valence-corrected chi connectivity index (χ0v) is 8.60. The Labute approximate surface area is 86.8 Å². The summed E-state index contributed by atoms with van der Waals surface area (Å²) in [6.45, 7) is 3.77. The van der Waals surface area contributed by atoms with Gasteiger partial charge in [-0.2, -0.15) is 9.97 Å². The third-order valence-corrected chi connectivity index (χ3v) is 1.88. The number of nitrogen functional groups attached to an aromatic ring is 2. The Kier molecular flexibility index (Phi) is 3.37. The lowest BCUT2D eigenvalue weighted by molar-refractivity contribution is 0.210. The van der Waals surface area contributed by atoms with Crippen LogP contribution in [0.4, 0.5) is 17.5 Å². The highest BCUT2D eigenvalue weighted by Crippen LogP contribution is 2.31. The lowest BCUT2D eigenvalue weighted by atomic mass is 10.3. The average Bonchev–Trinajstić information content (AvgIpc) is 2.17. The molecule has 1 aromatic rings. The molecule has 0 aliphatic heterocycles. The zero-order chi connectivity index (χ0) is 11.4. The van der Waals surface area contributed by atoms with Crippen LogP contribution in [-0.4, -0.2) is 16.1 Å². The molecule has 0 aromatic carbocycles. The van der Waals surface area contributed by atoms with Gasteiger partial charge in [-0.25, -0.2) is 0 Å². The highest BCUT2D eigenvalue weighted by molar-refractivity contribution is 5.65. The number of hydrogen-bond acceptors (Lipinski definition) is 7. The number of hydrogen-bond donors (Lipinski definition) is 2. The summed E-state index contributed by atoms with van der Waals surface area (Å²) in [5, 5.41) is 2.72. The SMILES string of the molecule is CCC(C)Oc1nc(N)nc(N)c1N=O. The van der Waals surface area contributed by atoms with Crippen molar-refractivity contribution >= 4 is 17.5 Å². The summed E-state index contributed by atoms with van der Waals surface area (Å²) >= 11 is 0. The standard InChI is InChI=1S/C8H13N5O2/c1-3-4(2)15-7-5(13-14)6(9)11-8(10)12-7/h4H,3H2,1-2H3,(H4,9,10,11,12). The van der Waals surface area contributed by atoms with E-state index in [4.69, 9.17) is 16.2 Å². The fourth-order valence-corrected chi connectivity index (χ4v) is 0.910. The molecular formula is C8H13N5O2. The molecule has 1 unspecified atom stereocenters. The molecule has 0 aliphatic rings. The highest BCUT2D eigenvalue weighted by Gasteiger charge is 2.15. The second-order valence-electron chi connectivity index (χ2n) is 3.05. The molecule has 1 atom stereocenters. The average molecular weight is 211 g/mol. The number of aromatic nitrogens is 2. The van der Waals surface area contributed by atoms with Crippen molar-refractivity contribution in [1.82, 2.24) is 9.97 Å². The molecule has 1 aromatic heterocycles. The molecule has 1 rings (SSSR count). The molecule has 0 radical (unpaired) electrons. The molecule has 0 bridgehead atoms. The molecule has 0 saturated carbocycles. The van der Waals surface area contributed by atoms with Gasteiger partial charge in [-0.05, 0) is 18.5 Å². The van der Waals surface area contributed by atoms with Gasteiger partial charge in [0.2, 0.25) is 11.6 Å². The van der Waals surface area contributed by atoms with Crippen LogP contribution in [0.1, 0.15) is 20.3 Å². The topological polar surface area (TPSA) is 116 Å². The predicted molar refractivity (Wildman–Crippen MR) is 56.7 cm³/mol. The van der Waals surface area contributed by atoms with Gasteiger partial charge in [0.05, 0.1) is 6.10 Å². The minimum atomic E-state index is -0.107. The molecule has 7 nitrogen and oxygen atoms in total. The normalized spacial score (nSPS) is 12.1. The molecule has 15 heavy (non-hydrogen) atoms. The first-order valence-electron chi connectivity index (χ1n) is 4.51. The quantitative estimate of drug-likeness (QED) is 0.723. The van der Waals surface area contributed by atoms with Crippen molar-refractivity contribution in [3.63, 3.8) is 0 Å². The van der Waals surface area contributed by atoms with E-state index in [9.17, 15) is 4.91 Å².